The fourth-order valence-electron chi connectivity index (χ4n) is 5.44. The summed E-state index contributed by atoms with van der Waals surface area (Å²) in [6.07, 6.45) is 11.4. The summed E-state index contributed by atoms with van der Waals surface area (Å²) in [4.78, 5) is 0. The molecule has 1 N–H and O–H groups in total. The molecule has 1 nitrogen and oxygen atoms in total. The van der Waals surface area contributed by atoms with Gasteiger partial charge in [-0.2, -0.15) is 0 Å². The van der Waals surface area contributed by atoms with Gasteiger partial charge in [-0.05, 0) is 68.3 Å². The molecule has 146 valence electrons. The van der Waals surface area contributed by atoms with Gasteiger partial charge in [-0.25, -0.2) is 8.78 Å². The smallest absolute Gasteiger partial charge is 0.165 e. The van der Waals surface area contributed by atoms with Gasteiger partial charge in [0.2, 0.25) is 0 Å². The highest BCUT2D eigenvalue weighted by molar-refractivity contribution is 5.31. The van der Waals surface area contributed by atoms with Crippen LogP contribution in [0, 0.1) is 29.4 Å². The molecule has 0 amide bonds. The van der Waals surface area contributed by atoms with Gasteiger partial charge in [-0.15, -0.1) is 0 Å². The molecule has 0 atom stereocenters. The van der Waals surface area contributed by atoms with Crippen LogP contribution < -0.4 is 0 Å². The van der Waals surface area contributed by atoms with Gasteiger partial charge in [0.25, 0.3) is 0 Å². The third-order valence-corrected chi connectivity index (χ3v) is 7.16. The first-order valence-corrected chi connectivity index (χ1v) is 10.7. The Bertz CT molecular complexity index is 596. The minimum Gasteiger partial charge on any atom is -0.385 e. The van der Waals surface area contributed by atoms with E-state index in [9.17, 15) is 13.9 Å². The van der Waals surface area contributed by atoms with Gasteiger partial charge in [0.1, 0.15) is 0 Å². The van der Waals surface area contributed by atoms with E-state index in [0.717, 1.165) is 24.7 Å². The molecule has 2 aliphatic rings. The zero-order valence-corrected chi connectivity index (χ0v) is 16.4. The Kier molecular flexibility index (Phi) is 6.37. The lowest BCUT2D eigenvalue weighted by Crippen LogP contribution is -2.35. The highest BCUT2D eigenvalue weighted by atomic mass is 19.2. The fraction of sp³-hybridized carbons (Fsp3) is 0.739. The molecule has 0 heterocycles. The molecule has 0 radical (unpaired) electrons. The van der Waals surface area contributed by atoms with Crippen molar-refractivity contribution in [2.75, 3.05) is 0 Å². The van der Waals surface area contributed by atoms with Crippen LogP contribution in [-0.2, 0) is 12.0 Å². The molecule has 0 saturated heterocycles. The van der Waals surface area contributed by atoms with E-state index in [4.69, 9.17) is 0 Å². The topological polar surface area (TPSA) is 20.2 Å². The molecule has 0 unspecified atom stereocenters. The van der Waals surface area contributed by atoms with E-state index in [1.807, 2.05) is 6.92 Å². The molecule has 1 aromatic rings. The summed E-state index contributed by atoms with van der Waals surface area (Å²) in [5.74, 6) is 0.684. The average Bonchev–Trinajstić information content (AvgIpc) is 2.65. The Morgan fingerprint density at radius 3 is 2.12 bits per heavy atom. The largest absolute Gasteiger partial charge is 0.385 e. The van der Waals surface area contributed by atoms with E-state index < -0.39 is 17.2 Å². The number of aryl methyl sites for hydroxylation is 1. The highest BCUT2D eigenvalue weighted by Crippen LogP contribution is 2.46. The van der Waals surface area contributed by atoms with Gasteiger partial charge >= 0.3 is 0 Å². The van der Waals surface area contributed by atoms with Crippen LogP contribution in [-0.4, -0.2) is 5.11 Å². The van der Waals surface area contributed by atoms with Crippen molar-refractivity contribution >= 4 is 0 Å². The predicted octanol–water partition coefficient (Wildman–Crippen LogP) is 6.51. The second-order valence-electron chi connectivity index (χ2n) is 8.69. The molecular formula is C23H34F2O. The van der Waals surface area contributed by atoms with Crippen molar-refractivity contribution in [2.24, 2.45) is 17.8 Å². The highest BCUT2D eigenvalue weighted by Gasteiger charge is 2.40. The van der Waals surface area contributed by atoms with E-state index in [1.54, 1.807) is 12.1 Å². The maximum absolute atomic E-state index is 14.5. The van der Waals surface area contributed by atoms with Crippen molar-refractivity contribution in [3.05, 3.63) is 34.9 Å². The monoisotopic (exact) mass is 364 g/mol. The van der Waals surface area contributed by atoms with Crippen LogP contribution in [0.4, 0.5) is 8.78 Å². The van der Waals surface area contributed by atoms with Crippen LogP contribution in [0.1, 0.15) is 89.2 Å². The molecule has 26 heavy (non-hydrogen) atoms. The first-order valence-electron chi connectivity index (χ1n) is 10.7. The van der Waals surface area contributed by atoms with E-state index >= 15 is 0 Å². The van der Waals surface area contributed by atoms with Crippen LogP contribution in [0.25, 0.3) is 0 Å². The second kappa shape index (κ2) is 8.37. The van der Waals surface area contributed by atoms with Gasteiger partial charge in [0, 0.05) is 5.56 Å². The molecule has 1 aromatic carbocycles. The molecule has 0 aliphatic heterocycles. The normalized spacial score (nSPS) is 32.6. The van der Waals surface area contributed by atoms with Crippen LogP contribution in [0.5, 0.6) is 0 Å². The Morgan fingerprint density at radius 2 is 1.54 bits per heavy atom. The van der Waals surface area contributed by atoms with Gasteiger partial charge in [0.05, 0.1) is 5.60 Å². The van der Waals surface area contributed by atoms with Crippen molar-refractivity contribution in [1.29, 1.82) is 0 Å². The number of benzene rings is 1. The maximum atomic E-state index is 14.5. The van der Waals surface area contributed by atoms with Crippen LogP contribution >= 0.6 is 0 Å². The number of halogens is 2. The summed E-state index contributed by atoms with van der Waals surface area (Å²) in [5.41, 5.74) is -0.655. The number of rotatable bonds is 5. The maximum Gasteiger partial charge on any atom is 0.165 e. The zero-order valence-electron chi connectivity index (χ0n) is 16.4. The van der Waals surface area contributed by atoms with Crippen LogP contribution in [0.3, 0.4) is 0 Å². The minimum atomic E-state index is -1.20. The molecule has 0 aromatic heterocycles. The van der Waals surface area contributed by atoms with Crippen molar-refractivity contribution in [3.63, 3.8) is 0 Å². The number of hydrogen-bond donors (Lipinski definition) is 1. The third kappa shape index (κ3) is 3.98. The van der Waals surface area contributed by atoms with Crippen molar-refractivity contribution in [1.82, 2.24) is 0 Å². The second-order valence-corrected chi connectivity index (χ2v) is 8.69. The first-order chi connectivity index (χ1) is 12.5. The molecule has 2 saturated carbocycles. The Morgan fingerprint density at radius 1 is 0.923 bits per heavy atom. The average molecular weight is 365 g/mol. The molecule has 3 heteroatoms. The summed E-state index contributed by atoms with van der Waals surface area (Å²) >= 11 is 0. The van der Waals surface area contributed by atoms with Crippen LogP contribution in [0.15, 0.2) is 12.1 Å². The van der Waals surface area contributed by atoms with Crippen molar-refractivity contribution < 1.29 is 13.9 Å². The lowest BCUT2D eigenvalue weighted by atomic mass is 9.66. The SMILES string of the molecule is CCCC1CCC(C2CCC(O)(c3ccc(CC)c(F)c3F)CC2)CC1. The van der Waals surface area contributed by atoms with Crippen molar-refractivity contribution in [2.45, 2.75) is 90.1 Å². The summed E-state index contributed by atoms with van der Waals surface area (Å²) in [7, 11) is 0. The van der Waals surface area contributed by atoms with E-state index in [2.05, 4.69) is 6.92 Å². The summed E-state index contributed by atoms with van der Waals surface area (Å²) in [6.45, 7) is 4.08. The molecule has 0 bridgehead atoms. The lowest BCUT2D eigenvalue weighted by molar-refractivity contribution is -0.0290. The first kappa shape index (κ1) is 19.8. The van der Waals surface area contributed by atoms with Gasteiger partial charge in [-0.1, -0.05) is 51.7 Å². The van der Waals surface area contributed by atoms with Crippen LogP contribution in [0.2, 0.25) is 0 Å². The molecule has 2 fully saturated rings. The standard InChI is InChI=1S/C23H34F2O/c1-3-5-16-6-8-18(9-7-16)19-12-14-23(26,15-13-19)20-11-10-17(4-2)21(24)22(20)25/h10-11,16,18-19,26H,3-9,12-15H2,1-2H3. The summed E-state index contributed by atoms with van der Waals surface area (Å²) in [5, 5.41) is 11.0. The van der Waals surface area contributed by atoms with Gasteiger partial charge in [-0.3, -0.25) is 0 Å². The Hall–Kier alpha value is -0.960. The fourth-order valence-corrected chi connectivity index (χ4v) is 5.44. The molecule has 2 aliphatic carbocycles. The molecule has 3 rings (SSSR count). The molecular weight excluding hydrogens is 330 g/mol. The quantitative estimate of drug-likeness (QED) is 0.631. The van der Waals surface area contributed by atoms with E-state index in [-0.39, 0.29) is 5.56 Å². The summed E-state index contributed by atoms with van der Waals surface area (Å²) < 4.78 is 28.7. The number of hydrogen-bond acceptors (Lipinski definition) is 1. The Balaban J connectivity index is 1.62. The molecule has 0 spiro atoms. The van der Waals surface area contributed by atoms with E-state index in [0.29, 0.717) is 30.7 Å². The zero-order chi connectivity index (χ0) is 18.7. The van der Waals surface area contributed by atoms with Gasteiger partial charge < -0.3 is 5.11 Å². The van der Waals surface area contributed by atoms with Crippen molar-refractivity contribution in [3.8, 4) is 0 Å². The minimum absolute atomic E-state index is 0.164. The summed E-state index contributed by atoms with van der Waals surface area (Å²) in [6, 6.07) is 3.24. The lowest BCUT2D eigenvalue weighted by Gasteiger charge is -2.41. The number of aliphatic hydroxyl groups is 1. The Labute approximate surface area is 157 Å². The third-order valence-electron chi connectivity index (χ3n) is 7.16. The predicted molar refractivity (Wildman–Crippen MR) is 102 cm³/mol. The van der Waals surface area contributed by atoms with Gasteiger partial charge in [0.15, 0.2) is 11.6 Å². The van der Waals surface area contributed by atoms with E-state index in [1.165, 1.54) is 38.5 Å².